The van der Waals surface area contributed by atoms with Gasteiger partial charge in [-0.1, -0.05) is 6.07 Å². The van der Waals surface area contributed by atoms with Crippen LogP contribution in [0.5, 0.6) is 5.75 Å². The van der Waals surface area contributed by atoms with Crippen molar-refractivity contribution < 1.29 is 28.5 Å². The summed E-state index contributed by atoms with van der Waals surface area (Å²) in [5.74, 6) is 1.05. The van der Waals surface area contributed by atoms with Crippen molar-refractivity contribution in [1.29, 1.82) is 0 Å². The summed E-state index contributed by atoms with van der Waals surface area (Å²) in [5, 5.41) is 0. The molecule has 0 bridgehead atoms. The van der Waals surface area contributed by atoms with Gasteiger partial charge >= 0.3 is 6.09 Å². The maximum atomic E-state index is 11.5. The number of ether oxygens (including phenoxy) is 4. The summed E-state index contributed by atoms with van der Waals surface area (Å²) in [5.41, 5.74) is 5.83. The van der Waals surface area contributed by atoms with E-state index in [9.17, 15) is 9.59 Å². The van der Waals surface area contributed by atoms with Crippen LogP contribution in [0, 0.1) is 6.92 Å². The lowest BCUT2D eigenvalue weighted by Gasteiger charge is -2.38. The molecule has 2 N–H and O–H groups in total. The summed E-state index contributed by atoms with van der Waals surface area (Å²) in [7, 11) is 5.04. The third-order valence-electron chi connectivity index (χ3n) is 5.65. The van der Waals surface area contributed by atoms with Crippen LogP contribution in [0.2, 0.25) is 0 Å². The fourth-order valence-corrected chi connectivity index (χ4v) is 2.69. The van der Waals surface area contributed by atoms with Crippen molar-refractivity contribution >= 4 is 17.7 Å². The predicted octanol–water partition coefficient (Wildman–Crippen LogP) is 4.85. The van der Waals surface area contributed by atoms with Gasteiger partial charge in [0.15, 0.2) is 0 Å². The van der Waals surface area contributed by atoms with Gasteiger partial charge in [-0.25, -0.2) is 4.79 Å². The number of methoxy groups -OCH3 is 3. The van der Waals surface area contributed by atoms with Gasteiger partial charge in [0.2, 0.25) is 5.91 Å². The molecule has 8 heteroatoms. The quantitative estimate of drug-likeness (QED) is 0.663. The Bertz CT molecular complexity index is 755. The van der Waals surface area contributed by atoms with Gasteiger partial charge in [0.1, 0.15) is 11.4 Å². The number of aryl methyl sites for hydroxylation is 1. The standard InChI is InChI=1S/C12H15NO2.C8H18O2.C5H11NO2/c1-9-5-6-10(8-11(9)15-2)13-7-3-4-12(13)14;1-7(2,9-5)8(3,4)10-6;1-5(2,3)8-4(6)7/h5-6,8H,3-4,7H2,1-2H3;1-6H3;1-3H3,(H2,6,7). The number of anilines is 1. The van der Waals surface area contributed by atoms with Crippen LogP contribution in [0.1, 0.15) is 66.9 Å². The number of nitrogens with two attached hydrogens (primary N) is 1. The highest BCUT2D eigenvalue weighted by atomic mass is 16.6. The van der Waals surface area contributed by atoms with Gasteiger partial charge < -0.3 is 29.6 Å². The lowest BCUT2D eigenvalue weighted by Crippen LogP contribution is -2.48. The number of carbonyl (C=O) groups excluding carboxylic acids is 2. The molecule has 1 aromatic rings. The van der Waals surface area contributed by atoms with Crippen LogP contribution in [-0.4, -0.2) is 56.7 Å². The normalized spacial score (nSPS) is 14.0. The van der Waals surface area contributed by atoms with E-state index < -0.39 is 11.7 Å². The van der Waals surface area contributed by atoms with Crippen molar-refractivity contribution in [3.05, 3.63) is 23.8 Å². The van der Waals surface area contributed by atoms with Crippen molar-refractivity contribution in [3.8, 4) is 5.75 Å². The molecule has 0 radical (unpaired) electrons. The van der Waals surface area contributed by atoms with Gasteiger partial charge in [-0.15, -0.1) is 0 Å². The van der Waals surface area contributed by atoms with Crippen molar-refractivity contribution in [2.24, 2.45) is 5.73 Å². The second-order valence-corrected chi connectivity index (χ2v) is 9.77. The Kier molecular flexibility index (Phi) is 11.9. The van der Waals surface area contributed by atoms with E-state index in [2.05, 4.69) is 4.74 Å². The minimum Gasteiger partial charge on any atom is -0.496 e. The van der Waals surface area contributed by atoms with Crippen molar-refractivity contribution in [2.75, 3.05) is 32.8 Å². The summed E-state index contributed by atoms with van der Waals surface area (Å²) in [6.45, 7) is 16.1. The fraction of sp³-hybridized carbons (Fsp3) is 0.680. The van der Waals surface area contributed by atoms with E-state index in [0.717, 1.165) is 30.0 Å². The van der Waals surface area contributed by atoms with Crippen LogP contribution in [0.25, 0.3) is 0 Å². The summed E-state index contributed by atoms with van der Waals surface area (Å²) in [6.07, 6.45) is 0.892. The number of benzene rings is 1. The molecule has 1 fully saturated rings. The first-order valence-corrected chi connectivity index (χ1v) is 11.0. The zero-order valence-electron chi connectivity index (χ0n) is 22.3. The molecule has 1 saturated heterocycles. The highest BCUT2D eigenvalue weighted by Gasteiger charge is 2.37. The predicted molar refractivity (Wildman–Crippen MR) is 132 cm³/mol. The molecule has 1 aliphatic heterocycles. The highest BCUT2D eigenvalue weighted by Crippen LogP contribution is 2.28. The first-order chi connectivity index (χ1) is 15.0. The molecular formula is C25H44N2O6. The van der Waals surface area contributed by atoms with E-state index >= 15 is 0 Å². The first kappa shape index (κ1) is 30.7. The number of hydrogen-bond acceptors (Lipinski definition) is 6. The molecular weight excluding hydrogens is 424 g/mol. The molecule has 1 heterocycles. The summed E-state index contributed by atoms with van der Waals surface area (Å²) in [4.78, 5) is 23.4. The largest absolute Gasteiger partial charge is 0.496 e. The van der Waals surface area contributed by atoms with Crippen LogP contribution in [0.15, 0.2) is 18.2 Å². The van der Waals surface area contributed by atoms with Gasteiger partial charge in [-0.3, -0.25) is 4.79 Å². The van der Waals surface area contributed by atoms with E-state index in [0.29, 0.717) is 6.42 Å². The average molecular weight is 469 g/mol. The number of carbonyl (C=O) groups is 2. The van der Waals surface area contributed by atoms with Crippen LogP contribution in [0.4, 0.5) is 10.5 Å². The summed E-state index contributed by atoms with van der Waals surface area (Å²) in [6, 6.07) is 5.89. The number of rotatable bonds is 5. The Hall–Kier alpha value is -2.32. The average Bonchev–Trinajstić information content (AvgIpc) is 3.13. The highest BCUT2D eigenvalue weighted by molar-refractivity contribution is 5.95. The summed E-state index contributed by atoms with van der Waals surface area (Å²) >= 11 is 0. The number of amides is 2. The van der Waals surface area contributed by atoms with Gasteiger partial charge in [-0.05, 0) is 73.4 Å². The fourth-order valence-electron chi connectivity index (χ4n) is 2.69. The molecule has 1 aromatic carbocycles. The molecule has 0 spiro atoms. The molecule has 33 heavy (non-hydrogen) atoms. The molecule has 2 amide bonds. The zero-order chi connectivity index (χ0) is 26.0. The molecule has 0 aliphatic carbocycles. The smallest absolute Gasteiger partial charge is 0.405 e. The van der Waals surface area contributed by atoms with Gasteiger partial charge in [-0.2, -0.15) is 0 Å². The Morgan fingerprint density at radius 3 is 1.79 bits per heavy atom. The molecule has 0 unspecified atom stereocenters. The lowest BCUT2D eigenvalue weighted by molar-refractivity contribution is -0.147. The molecule has 2 rings (SSSR count). The van der Waals surface area contributed by atoms with Crippen LogP contribution in [-0.2, 0) is 19.0 Å². The van der Waals surface area contributed by atoms with E-state index in [-0.39, 0.29) is 17.1 Å². The molecule has 8 nitrogen and oxygen atoms in total. The Morgan fingerprint density at radius 1 is 0.970 bits per heavy atom. The maximum absolute atomic E-state index is 11.5. The zero-order valence-corrected chi connectivity index (χ0v) is 22.3. The Labute approximate surface area is 199 Å². The molecule has 0 atom stereocenters. The van der Waals surface area contributed by atoms with Crippen molar-refractivity contribution in [1.82, 2.24) is 0 Å². The molecule has 0 saturated carbocycles. The second kappa shape index (κ2) is 12.8. The third-order valence-corrected chi connectivity index (χ3v) is 5.65. The SMILES string of the molecule is CC(C)(C)OC(N)=O.COC(C)(C)C(C)(C)OC.COc1cc(N2CCCC2=O)ccc1C. The topological polar surface area (TPSA) is 100 Å². The third kappa shape index (κ3) is 10.4. The minimum absolute atomic E-state index is 0.209. The number of primary amides is 1. The van der Waals surface area contributed by atoms with Crippen LogP contribution < -0.4 is 15.4 Å². The first-order valence-electron chi connectivity index (χ1n) is 11.0. The molecule has 190 valence electrons. The van der Waals surface area contributed by atoms with Gasteiger partial charge in [0, 0.05) is 38.9 Å². The summed E-state index contributed by atoms with van der Waals surface area (Å²) < 4.78 is 20.4. The van der Waals surface area contributed by atoms with Gasteiger partial charge in [0.05, 0.1) is 18.3 Å². The van der Waals surface area contributed by atoms with Gasteiger partial charge in [0.25, 0.3) is 0 Å². The molecule has 1 aliphatic rings. The number of nitrogens with zero attached hydrogens (tertiary/aromatic N) is 1. The van der Waals surface area contributed by atoms with E-state index in [1.807, 2.05) is 57.7 Å². The maximum Gasteiger partial charge on any atom is 0.405 e. The molecule has 0 aromatic heterocycles. The number of hydrogen-bond donors (Lipinski definition) is 1. The Morgan fingerprint density at radius 2 is 1.48 bits per heavy atom. The Balaban J connectivity index is 0.000000499. The van der Waals surface area contributed by atoms with Crippen LogP contribution in [0.3, 0.4) is 0 Å². The second-order valence-electron chi connectivity index (χ2n) is 9.77. The van der Waals surface area contributed by atoms with E-state index in [1.54, 1.807) is 42.1 Å². The lowest BCUT2D eigenvalue weighted by atomic mass is 9.89. The monoisotopic (exact) mass is 468 g/mol. The minimum atomic E-state index is -0.725. The van der Waals surface area contributed by atoms with E-state index in [1.165, 1.54) is 0 Å². The van der Waals surface area contributed by atoms with Crippen molar-refractivity contribution in [2.45, 2.75) is 85.0 Å². The van der Waals surface area contributed by atoms with E-state index in [4.69, 9.17) is 19.9 Å². The van der Waals surface area contributed by atoms with Crippen LogP contribution >= 0.6 is 0 Å². The van der Waals surface area contributed by atoms with Crippen molar-refractivity contribution in [3.63, 3.8) is 0 Å².